The van der Waals surface area contributed by atoms with E-state index >= 15 is 0 Å². The number of nitrogens with zero attached hydrogens (tertiary/aromatic N) is 1. The Morgan fingerprint density at radius 2 is 1.71 bits per heavy atom. The molecule has 1 aromatic rings. The molecule has 0 aliphatic rings. The Labute approximate surface area is 139 Å². The van der Waals surface area contributed by atoms with Crippen molar-refractivity contribution in [1.82, 2.24) is 4.31 Å². The molecule has 0 unspecified atom stereocenters. The van der Waals surface area contributed by atoms with Crippen LogP contribution in [0.25, 0.3) is 0 Å². The number of hydrogen-bond acceptors (Lipinski definition) is 3. The summed E-state index contributed by atoms with van der Waals surface area (Å²) in [5.41, 5.74) is -2.04. The fraction of sp³-hybridized carbons (Fsp3) is 0.533. The first-order valence-corrected chi connectivity index (χ1v) is 9.01. The lowest BCUT2D eigenvalue weighted by Crippen LogP contribution is -2.46. The minimum Gasteiger partial charge on any atom is -0.325 e. The highest BCUT2D eigenvalue weighted by Gasteiger charge is 2.34. The number of amides is 1. The third kappa shape index (κ3) is 5.79. The van der Waals surface area contributed by atoms with Gasteiger partial charge >= 0.3 is 6.18 Å². The summed E-state index contributed by atoms with van der Waals surface area (Å²) in [5, 5.41) is 2.19. The molecular formula is C15H21F3N2O3S. The van der Waals surface area contributed by atoms with E-state index in [9.17, 15) is 26.4 Å². The van der Waals surface area contributed by atoms with E-state index in [1.165, 1.54) is 12.1 Å². The van der Waals surface area contributed by atoms with Crippen molar-refractivity contribution in [3.05, 3.63) is 29.8 Å². The maximum Gasteiger partial charge on any atom is 0.418 e. The van der Waals surface area contributed by atoms with Gasteiger partial charge in [0.15, 0.2) is 0 Å². The minimum atomic E-state index is -4.59. The van der Waals surface area contributed by atoms with Gasteiger partial charge in [0.1, 0.15) is 0 Å². The van der Waals surface area contributed by atoms with Crippen LogP contribution in [-0.4, -0.2) is 37.0 Å². The quantitative estimate of drug-likeness (QED) is 0.871. The van der Waals surface area contributed by atoms with Crippen molar-refractivity contribution in [2.24, 2.45) is 0 Å². The largest absolute Gasteiger partial charge is 0.418 e. The van der Waals surface area contributed by atoms with Gasteiger partial charge in [-0.1, -0.05) is 12.1 Å². The zero-order chi connectivity index (χ0) is 18.8. The van der Waals surface area contributed by atoms with Crippen molar-refractivity contribution in [1.29, 1.82) is 0 Å². The summed E-state index contributed by atoms with van der Waals surface area (Å²) in [6.07, 6.45) is -3.82. The molecule has 0 aliphatic carbocycles. The third-order valence-electron chi connectivity index (χ3n) is 3.20. The Morgan fingerprint density at radius 1 is 1.17 bits per heavy atom. The molecule has 0 atom stereocenters. The van der Waals surface area contributed by atoms with E-state index in [1.807, 2.05) is 0 Å². The van der Waals surface area contributed by atoms with E-state index in [-0.39, 0.29) is 18.7 Å². The highest BCUT2D eigenvalue weighted by atomic mass is 32.2. The minimum absolute atomic E-state index is 0.123. The average Bonchev–Trinajstić information content (AvgIpc) is 2.34. The van der Waals surface area contributed by atoms with Crippen molar-refractivity contribution in [2.45, 2.75) is 38.9 Å². The smallest absolute Gasteiger partial charge is 0.325 e. The Balaban J connectivity index is 2.85. The lowest BCUT2D eigenvalue weighted by Gasteiger charge is -2.33. The molecule has 1 N–H and O–H groups in total. The first-order valence-electron chi connectivity index (χ1n) is 7.17. The number of carbonyl (C=O) groups excluding carboxylic acids is 1. The van der Waals surface area contributed by atoms with Crippen LogP contribution in [0.5, 0.6) is 0 Å². The molecule has 0 fully saturated rings. The predicted octanol–water partition coefficient (Wildman–Crippen LogP) is 3.09. The standard InChI is InChI=1S/C15H21F3N2O3S/c1-14(2,3)20(24(4,22)23)10-9-13(21)19-12-8-6-5-7-11(12)15(16,17)18/h5-8H,9-10H2,1-4H3,(H,19,21). The van der Waals surface area contributed by atoms with Crippen LogP contribution in [0.2, 0.25) is 0 Å². The van der Waals surface area contributed by atoms with E-state index < -0.39 is 33.2 Å². The topological polar surface area (TPSA) is 66.5 Å². The number of anilines is 1. The molecule has 0 spiro atoms. The van der Waals surface area contributed by atoms with Crippen molar-refractivity contribution < 1.29 is 26.4 Å². The SMILES string of the molecule is CC(C)(C)N(CCC(=O)Nc1ccccc1C(F)(F)F)S(C)(=O)=O. The van der Waals surface area contributed by atoms with Gasteiger partial charge in [-0.25, -0.2) is 8.42 Å². The molecule has 5 nitrogen and oxygen atoms in total. The first kappa shape index (κ1) is 20.4. The van der Waals surface area contributed by atoms with Crippen LogP contribution in [0.1, 0.15) is 32.8 Å². The summed E-state index contributed by atoms with van der Waals surface area (Å²) in [4.78, 5) is 12.0. The number of hydrogen-bond donors (Lipinski definition) is 1. The molecule has 1 rings (SSSR count). The number of alkyl halides is 3. The van der Waals surface area contributed by atoms with Gasteiger partial charge in [-0.05, 0) is 32.9 Å². The summed E-state index contributed by atoms with van der Waals surface area (Å²) in [6.45, 7) is 4.89. The van der Waals surface area contributed by atoms with Crippen LogP contribution in [0, 0.1) is 0 Å². The monoisotopic (exact) mass is 366 g/mol. The Bertz CT molecular complexity index is 695. The van der Waals surface area contributed by atoms with Crippen molar-refractivity contribution in [3.63, 3.8) is 0 Å². The maximum atomic E-state index is 12.9. The summed E-state index contributed by atoms with van der Waals surface area (Å²) >= 11 is 0. The lowest BCUT2D eigenvalue weighted by atomic mass is 10.1. The average molecular weight is 366 g/mol. The van der Waals surface area contributed by atoms with Crippen LogP contribution < -0.4 is 5.32 Å². The number of halogens is 3. The summed E-state index contributed by atoms with van der Waals surface area (Å²) in [6, 6.07) is 4.62. The molecular weight excluding hydrogens is 345 g/mol. The van der Waals surface area contributed by atoms with Gasteiger partial charge in [-0.15, -0.1) is 0 Å². The molecule has 0 saturated heterocycles. The molecule has 136 valence electrons. The van der Waals surface area contributed by atoms with E-state index in [1.54, 1.807) is 20.8 Å². The summed E-state index contributed by atoms with van der Waals surface area (Å²) in [7, 11) is -3.55. The summed E-state index contributed by atoms with van der Waals surface area (Å²) < 4.78 is 63.4. The molecule has 0 saturated carbocycles. The van der Waals surface area contributed by atoms with Gasteiger partial charge in [0.25, 0.3) is 0 Å². The van der Waals surface area contributed by atoms with Crippen LogP contribution in [-0.2, 0) is 21.0 Å². The first-order chi connectivity index (χ1) is 10.7. The Kier molecular flexibility index (Phi) is 6.05. The second-order valence-electron chi connectivity index (χ2n) is 6.35. The third-order valence-corrected chi connectivity index (χ3v) is 4.73. The van der Waals surface area contributed by atoms with Crippen molar-refractivity contribution in [2.75, 3.05) is 18.1 Å². The van der Waals surface area contributed by atoms with E-state index in [0.717, 1.165) is 22.7 Å². The van der Waals surface area contributed by atoms with Gasteiger partial charge in [0.05, 0.1) is 17.5 Å². The number of para-hydroxylation sites is 1. The second kappa shape index (κ2) is 7.10. The van der Waals surface area contributed by atoms with Crippen molar-refractivity contribution >= 4 is 21.6 Å². The number of sulfonamides is 1. The van der Waals surface area contributed by atoms with Crippen LogP contribution in [0.4, 0.5) is 18.9 Å². The van der Waals surface area contributed by atoms with Gasteiger partial charge in [0.2, 0.25) is 15.9 Å². The molecule has 24 heavy (non-hydrogen) atoms. The lowest BCUT2D eigenvalue weighted by molar-refractivity contribution is -0.137. The fourth-order valence-electron chi connectivity index (χ4n) is 2.25. The number of nitrogens with one attached hydrogen (secondary N) is 1. The van der Waals surface area contributed by atoms with E-state index in [4.69, 9.17) is 0 Å². The van der Waals surface area contributed by atoms with Gasteiger partial charge in [-0.3, -0.25) is 4.79 Å². The molecule has 1 amide bonds. The highest BCUT2D eigenvalue weighted by Crippen LogP contribution is 2.34. The zero-order valence-corrected chi connectivity index (χ0v) is 14.8. The van der Waals surface area contributed by atoms with E-state index in [2.05, 4.69) is 5.32 Å². The number of benzene rings is 1. The number of carbonyl (C=O) groups is 1. The van der Waals surface area contributed by atoms with Crippen LogP contribution in [0.3, 0.4) is 0 Å². The predicted molar refractivity (Wildman–Crippen MR) is 86.0 cm³/mol. The summed E-state index contributed by atoms with van der Waals surface area (Å²) in [5.74, 6) is -0.690. The van der Waals surface area contributed by atoms with Crippen LogP contribution >= 0.6 is 0 Å². The molecule has 0 heterocycles. The number of rotatable bonds is 5. The maximum absolute atomic E-state index is 12.9. The molecule has 0 aliphatic heterocycles. The molecule has 1 aromatic carbocycles. The van der Waals surface area contributed by atoms with Gasteiger partial charge in [-0.2, -0.15) is 17.5 Å². The molecule has 9 heteroatoms. The molecule has 0 radical (unpaired) electrons. The van der Waals surface area contributed by atoms with Crippen molar-refractivity contribution in [3.8, 4) is 0 Å². The normalized spacial score (nSPS) is 13.2. The van der Waals surface area contributed by atoms with E-state index in [0.29, 0.717) is 0 Å². The zero-order valence-electron chi connectivity index (χ0n) is 13.9. The van der Waals surface area contributed by atoms with Gasteiger partial charge < -0.3 is 5.32 Å². The molecule has 0 bridgehead atoms. The van der Waals surface area contributed by atoms with Gasteiger partial charge in [0, 0.05) is 18.5 Å². The highest BCUT2D eigenvalue weighted by molar-refractivity contribution is 7.88. The fourth-order valence-corrected chi connectivity index (χ4v) is 3.67. The second-order valence-corrected chi connectivity index (χ2v) is 8.25. The van der Waals surface area contributed by atoms with Crippen LogP contribution in [0.15, 0.2) is 24.3 Å². The molecule has 0 aromatic heterocycles. The Hall–Kier alpha value is -1.61. The Morgan fingerprint density at radius 3 is 2.17 bits per heavy atom.